The fourth-order valence-electron chi connectivity index (χ4n) is 2.23. The predicted molar refractivity (Wildman–Crippen MR) is 117 cm³/mol. The second kappa shape index (κ2) is 17.3. The van der Waals surface area contributed by atoms with Crippen LogP contribution in [-0.2, 0) is 6.54 Å². The molecular weight excluding hydrogens is 290 g/mol. The molecule has 0 saturated heterocycles. The Bertz CT molecular complexity index is 527. The number of hydrogen-bond acceptors (Lipinski definition) is 0. The monoisotopic (exact) mass is 329 g/mol. The summed E-state index contributed by atoms with van der Waals surface area (Å²) in [7, 11) is 0. The second-order valence-electron chi connectivity index (χ2n) is 4.51. The summed E-state index contributed by atoms with van der Waals surface area (Å²) in [6, 6.07) is 0. The summed E-state index contributed by atoms with van der Waals surface area (Å²) in [5.74, 6) is 0. The van der Waals surface area contributed by atoms with Crippen LogP contribution < -0.4 is 0 Å². The highest BCUT2D eigenvalue weighted by Gasteiger charge is 2.12. The zero-order valence-electron chi connectivity index (χ0n) is 16.2. The molecule has 0 radical (unpaired) electrons. The minimum Gasteiger partial charge on any atom is -0.341 e. The smallest absolute Gasteiger partial charge is 0.0484 e. The van der Waals surface area contributed by atoms with Crippen molar-refractivity contribution in [1.29, 1.82) is 0 Å². The fourth-order valence-corrected chi connectivity index (χ4v) is 2.23. The van der Waals surface area contributed by atoms with Crippen molar-refractivity contribution in [3.05, 3.63) is 66.1 Å². The molecule has 1 rings (SSSR count). The second-order valence-corrected chi connectivity index (χ2v) is 4.51. The van der Waals surface area contributed by atoms with Crippen molar-refractivity contribution in [2.75, 3.05) is 0 Å². The standard InChI is InChI=1S/C14H19N.C6H10.C2H6.CH4/c1-6-10-14-12(7-2)11(5)13(8-3)15(14)9-4;1-3-5-6-4-2;1-2;/h6-8,10H,2-3,9H2,1,4-5H3;3-6H,1-2H3;1-2H3;1H4/b10-6-;5-3-,6-4-;;. The highest BCUT2D eigenvalue weighted by molar-refractivity contribution is 5.71. The largest absolute Gasteiger partial charge is 0.341 e. The predicted octanol–water partition coefficient (Wildman–Crippen LogP) is 7.94. The number of nitrogens with zero attached hydrogens (tertiary/aromatic N) is 1. The van der Waals surface area contributed by atoms with Crippen molar-refractivity contribution in [3.8, 4) is 0 Å². The Morgan fingerprint density at radius 1 is 0.875 bits per heavy atom. The highest BCUT2D eigenvalue weighted by Crippen LogP contribution is 2.25. The van der Waals surface area contributed by atoms with Gasteiger partial charge in [0, 0.05) is 23.5 Å². The number of hydrogen-bond donors (Lipinski definition) is 0. The minimum absolute atomic E-state index is 0. The topological polar surface area (TPSA) is 4.93 Å². The lowest BCUT2D eigenvalue weighted by atomic mass is 10.1. The Labute approximate surface area is 151 Å². The Morgan fingerprint density at radius 3 is 1.67 bits per heavy atom. The van der Waals surface area contributed by atoms with Crippen molar-refractivity contribution in [2.45, 2.75) is 62.4 Å². The molecule has 0 N–H and O–H groups in total. The van der Waals surface area contributed by atoms with Crippen LogP contribution in [0.3, 0.4) is 0 Å². The zero-order valence-corrected chi connectivity index (χ0v) is 16.2. The van der Waals surface area contributed by atoms with Crippen LogP contribution in [0.2, 0.25) is 0 Å². The van der Waals surface area contributed by atoms with E-state index in [-0.39, 0.29) is 7.43 Å². The van der Waals surface area contributed by atoms with E-state index in [1.54, 1.807) is 0 Å². The van der Waals surface area contributed by atoms with Gasteiger partial charge in [0.2, 0.25) is 0 Å². The van der Waals surface area contributed by atoms with Crippen molar-refractivity contribution in [3.63, 3.8) is 0 Å². The third kappa shape index (κ3) is 8.01. The van der Waals surface area contributed by atoms with Gasteiger partial charge in [-0.1, -0.05) is 70.9 Å². The first-order valence-corrected chi connectivity index (χ1v) is 8.47. The summed E-state index contributed by atoms with van der Waals surface area (Å²) < 4.78 is 2.26. The van der Waals surface area contributed by atoms with Gasteiger partial charge in [-0.05, 0) is 52.3 Å². The molecule has 0 unspecified atom stereocenters. The molecule has 1 nitrogen and oxygen atoms in total. The molecule has 0 aromatic carbocycles. The molecule has 0 aliphatic heterocycles. The zero-order chi connectivity index (χ0) is 18.3. The van der Waals surface area contributed by atoms with Crippen LogP contribution in [0, 0.1) is 6.92 Å². The van der Waals surface area contributed by atoms with Crippen LogP contribution in [0.1, 0.15) is 71.5 Å². The molecule has 0 atom stereocenters. The number of rotatable bonds is 5. The molecule has 1 aromatic heterocycles. The molecule has 0 amide bonds. The first-order chi connectivity index (χ1) is 11.1. The Hall–Kier alpha value is -2.02. The summed E-state index contributed by atoms with van der Waals surface area (Å²) in [5, 5.41) is 0. The normalized spacial score (nSPS) is 9.96. The van der Waals surface area contributed by atoms with Crippen LogP contribution in [-0.4, -0.2) is 4.57 Å². The maximum Gasteiger partial charge on any atom is 0.0484 e. The molecule has 136 valence electrons. The molecule has 0 bridgehead atoms. The van der Waals surface area contributed by atoms with Gasteiger partial charge >= 0.3 is 0 Å². The number of allylic oxidation sites excluding steroid dienone is 5. The van der Waals surface area contributed by atoms with E-state index in [1.807, 2.05) is 71.1 Å². The van der Waals surface area contributed by atoms with Crippen LogP contribution >= 0.6 is 0 Å². The molecule has 0 aliphatic carbocycles. The van der Waals surface area contributed by atoms with Crippen molar-refractivity contribution >= 4 is 18.2 Å². The van der Waals surface area contributed by atoms with E-state index >= 15 is 0 Å². The van der Waals surface area contributed by atoms with Crippen LogP contribution in [0.25, 0.3) is 18.2 Å². The van der Waals surface area contributed by atoms with Gasteiger partial charge in [0.1, 0.15) is 0 Å². The van der Waals surface area contributed by atoms with Crippen molar-refractivity contribution < 1.29 is 0 Å². The molecule has 0 spiro atoms. The summed E-state index contributed by atoms with van der Waals surface area (Å²) in [6.07, 6.45) is 16.0. The van der Waals surface area contributed by atoms with Gasteiger partial charge in [-0.2, -0.15) is 0 Å². The van der Waals surface area contributed by atoms with Gasteiger partial charge < -0.3 is 4.57 Å². The maximum atomic E-state index is 3.88. The molecule has 1 aromatic rings. The quantitative estimate of drug-likeness (QED) is 0.483. The molecule has 1 heteroatoms. The first-order valence-electron chi connectivity index (χ1n) is 8.47. The average molecular weight is 330 g/mol. The fraction of sp³-hybridized carbons (Fsp3) is 0.391. The van der Waals surface area contributed by atoms with Gasteiger partial charge in [-0.3, -0.25) is 0 Å². The molecular formula is C23H39N. The lowest BCUT2D eigenvalue weighted by Gasteiger charge is -2.06. The van der Waals surface area contributed by atoms with Gasteiger partial charge in [0.25, 0.3) is 0 Å². The van der Waals surface area contributed by atoms with Crippen LogP contribution in [0.5, 0.6) is 0 Å². The summed E-state index contributed by atoms with van der Waals surface area (Å²) >= 11 is 0. The van der Waals surface area contributed by atoms with E-state index in [1.165, 1.54) is 22.5 Å². The van der Waals surface area contributed by atoms with Gasteiger partial charge in [0.05, 0.1) is 0 Å². The van der Waals surface area contributed by atoms with E-state index in [0.29, 0.717) is 0 Å². The Morgan fingerprint density at radius 2 is 1.38 bits per heavy atom. The van der Waals surface area contributed by atoms with E-state index < -0.39 is 0 Å². The lowest BCUT2D eigenvalue weighted by molar-refractivity contribution is 0.752. The van der Waals surface area contributed by atoms with Gasteiger partial charge in [0.15, 0.2) is 0 Å². The Kier molecular flexibility index (Phi) is 19.4. The Balaban J connectivity index is -0.000000418. The molecule has 0 saturated carbocycles. The van der Waals surface area contributed by atoms with Gasteiger partial charge in [-0.15, -0.1) is 0 Å². The lowest BCUT2D eigenvalue weighted by Crippen LogP contribution is -1.99. The average Bonchev–Trinajstić information content (AvgIpc) is 2.85. The first kappa shape index (κ1) is 26.9. The van der Waals surface area contributed by atoms with Crippen molar-refractivity contribution in [1.82, 2.24) is 4.57 Å². The third-order valence-corrected chi connectivity index (χ3v) is 3.18. The van der Waals surface area contributed by atoms with E-state index in [2.05, 4.69) is 43.7 Å². The number of aromatic nitrogens is 1. The summed E-state index contributed by atoms with van der Waals surface area (Å²) in [4.78, 5) is 0. The SMILES string of the molecule is C.C/C=C\C=C/C.C=Cc1c(C)c(C=C)n(CC)c1/C=C\C.CC. The van der Waals surface area contributed by atoms with E-state index in [9.17, 15) is 0 Å². The summed E-state index contributed by atoms with van der Waals surface area (Å²) in [5.41, 5.74) is 4.89. The molecule has 24 heavy (non-hydrogen) atoms. The van der Waals surface area contributed by atoms with E-state index in [4.69, 9.17) is 0 Å². The van der Waals surface area contributed by atoms with Crippen LogP contribution in [0.15, 0.2) is 43.5 Å². The van der Waals surface area contributed by atoms with E-state index in [0.717, 1.165) is 6.54 Å². The molecule has 0 aliphatic rings. The maximum absolute atomic E-state index is 3.88. The molecule has 0 fully saturated rings. The molecule has 1 heterocycles. The highest BCUT2D eigenvalue weighted by atomic mass is 15.0. The van der Waals surface area contributed by atoms with Crippen molar-refractivity contribution in [2.24, 2.45) is 0 Å². The third-order valence-electron chi connectivity index (χ3n) is 3.18. The van der Waals surface area contributed by atoms with Crippen LogP contribution in [0.4, 0.5) is 0 Å². The minimum atomic E-state index is 0. The van der Waals surface area contributed by atoms with Gasteiger partial charge in [-0.25, -0.2) is 0 Å². The summed E-state index contributed by atoms with van der Waals surface area (Å²) in [6.45, 7) is 23.0.